The van der Waals surface area contributed by atoms with E-state index in [0.717, 1.165) is 176 Å². The second-order valence-corrected chi connectivity index (χ2v) is 51.8. The predicted octanol–water partition coefficient (Wildman–Crippen LogP) is 30.5. The Kier molecular flexibility index (Phi) is 31.3. The maximum Gasteiger partial charge on any atom is 0.252 e. The second-order valence-electron chi connectivity index (χ2n) is 51.5. The molecule has 10 heteroatoms. The van der Waals surface area contributed by atoms with Gasteiger partial charge in [-0.25, -0.2) is 0 Å². The van der Waals surface area contributed by atoms with Crippen LogP contribution in [0, 0.1) is 283 Å². The number of aliphatic hydroxyl groups is 3. The fourth-order valence-electron chi connectivity index (χ4n) is 39.9. The van der Waals surface area contributed by atoms with Crippen LogP contribution in [0.4, 0.5) is 0 Å². The van der Waals surface area contributed by atoms with Crippen LogP contribution >= 0.6 is 11.6 Å². The molecule has 20 fully saturated rings. The minimum absolute atomic E-state index is 0. The summed E-state index contributed by atoms with van der Waals surface area (Å²) in [4.78, 5) is 22.8. The van der Waals surface area contributed by atoms with Gasteiger partial charge in [0.1, 0.15) is 5.78 Å². The second kappa shape index (κ2) is 38.7. The molecule has 0 unspecified atom stereocenters. The number of hydrogen-bond acceptors (Lipinski definition) is 9. The molecule has 3 N–H and O–H groups in total. The van der Waals surface area contributed by atoms with Crippen molar-refractivity contribution < 1.29 is 24.9 Å². The summed E-state index contributed by atoms with van der Waals surface area (Å²) in [7, 11) is 0. The number of carbonyl (C=O) groups is 2. The molecule has 0 aromatic heterocycles. The summed E-state index contributed by atoms with van der Waals surface area (Å²) < 4.78 is 0. The van der Waals surface area contributed by atoms with Crippen LogP contribution < -0.4 is 0 Å². The number of rotatable bonds is 1. The Morgan fingerprint density at radius 2 is 0.622 bits per heavy atom. The number of fused-ring (bicyclic) bond motifs is 25. The lowest BCUT2D eigenvalue weighted by Gasteiger charge is -2.62. The highest BCUT2D eigenvalue weighted by Gasteiger charge is 2.68. The summed E-state index contributed by atoms with van der Waals surface area (Å²) in [5.41, 5.74) is 4.29. The van der Waals surface area contributed by atoms with E-state index in [1.165, 1.54) is 205 Å². The molecule has 714 valence electrons. The van der Waals surface area contributed by atoms with E-state index in [4.69, 9.17) is 11.6 Å². The fourth-order valence-corrected chi connectivity index (χ4v) is 40.1. The summed E-state index contributed by atoms with van der Waals surface area (Å²) in [5.74, 6) is 23.5. The van der Waals surface area contributed by atoms with E-state index in [9.17, 15) is 46.0 Å². The quantitative estimate of drug-likeness (QED) is 0.230. The highest BCUT2D eigenvalue weighted by molar-refractivity contribution is 6.67. The standard InChI is InChI=1S/2C22H35N.2C21H33NO.C20H32O2.C7H5ClO.4CH4/c1-14-9-11-22(4)18(15(14)2)8-6-17-19-7-5-16(13-23)21(19,3)12-10-20(17)22;1-14-11-16-5-7-18-19-8-6-17(13-23)21(19,3)10-9-20(18)22(16,4)12-15(14)2;1-13-16-7-5-15-17-6-4-14(12-22)20(17,2)10-8-18(15)21(16,3)11-9-19(13)23;1-13-11-21(3)14(10-19(13)23)4-6-16-17-7-5-15(12-22)20(17,2)9-8-18(16)21;1-12-14-5-4-13-15-6-7-18(22)20(15,3)10-8-16(13)19(14,2)11-9-17(12)21;8-7(9)6-4-2-1-3-5-6;;;;/h2*14-20H,5-12H2,1-4H3;2*13-19,23H,4-11H2,1-3H3;12-17,21H,4-11H2,1-3H3;1-5H;4*1H4/t14-,15+,16-,17+,18+,19+,20+,21-,22+;14-,15-,16-,17+,18-,19-,20-,21+,22-;13-,14-,15+,16+,17+,18+,19-,20-,21+;13-,14-,15+,16-,17-,18-,19-,20+,21-;12-,13+,14+,15+,16+,17-,19+,20+;;;;;/m10101...../s1. The van der Waals surface area contributed by atoms with Crippen LogP contribution in [0.25, 0.3) is 0 Å². The van der Waals surface area contributed by atoms with E-state index in [2.05, 4.69) is 142 Å². The van der Waals surface area contributed by atoms with E-state index in [1.54, 1.807) is 24.3 Å². The first-order valence-corrected chi connectivity index (χ1v) is 53.1. The van der Waals surface area contributed by atoms with Crippen molar-refractivity contribution in [3.63, 3.8) is 0 Å². The van der Waals surface area contributed by atoms with Gasteiger partial charge in [-0.15, -0.1) is 0 Å². The average molecular weight is 1770 g/mol. The molecule has 0 saturated heterocycles. The Morgan fingerprint density at radius 1 is 0.315 bits per heavy atom. The Morgan fingerprint density at radius 3 is 0.992 bits per heavy atom. The largest absolute Gasteiger partial charge is 0.393 e. The zero-order valence-electron chi connectivity index (χ0n) is 80.6. The molecule has 0 aliphatic heterocycles. The molecule has 0 spiro atoms. The van der Waals surface area contributed by atoms with Gasteiger partial charge in [-0.2, -0.15) is 21.0 Å². The Hall–Kier alpha value is -3.31. The lowest BCUT2D eigenvalue weighted by molar-refractivity contribution is -0.152. The van der Waals surface area contributed by atoms with Gasteiger partial charge < -0.3 is 15.3 Å². The molecule has 1 aromatic rings. The number of hydrogen-bond donors (Lipinski definition) is 3. The zero-order valence-corrected chi connectivity index (χ0v) is 81.4. The third-order valence-electron chi connectivity index (χ3n) is 47.7. The fraction of sp³-hybridized carbons (Fsp3) is 0.897. The van der Waals surface area contributed by atoms with Gasteiger partial charge in [0, 0.05) is 17.4 Å². The summed E-state index contributed by atoms with van der Waals surface area (Å²) in [5, 5.41) is 69.0. The Labute approximate surface area is 783 Å². The van der Waals surface area contributed by atoms with Gasteiger partial charge in [0.25, 0.3) is 5.24 Å². The van der Waals surface area contributed by atoms with E-state index in [1.807, 2.05) is 6.07 Å². The minimum Gasteiger partial charge on any atom is -0.393 e. The highest BCUT2D eigenvalue weighted by atomic mass is 35.5. The number of Topliss-reactive ketones (excluding diaryl/α,β-unsaturated/α-hetero) is 1. The first kappa shape index (κ1) is 103. The first-order chi connectivity index (χ1) is 58.3. The van der Waals surface area contributed by atoms with Crippen molar-refractivity contribution >= 4 is 22.6 Å². The summed E-state index contributed by atoms with van der Waals surface area (Å²) in [6, 6.07) is 19.4. The number of halogens is 1. The van der Waals surface area contributed by atoms with Crippen molar-refractivity contribution in [1.82, 2.24) is 0 Å². The van der Waals surface area contributed by atoms with E-state index in [-0.39, 0.29) is 53.4 Å². The molecule has 0 heterocycles. The summed E-state index contributed by atoms with van der Waals surface area (Å²) >= 11 is 5.16. The molecule has 0 bridgehead atoms. The molecule has 44 atom stereocenters. The number of benzene rings is 1. The molecule has 127 heavy (non-hydrogen) atoms. The zero-order chi connectivity index (χ0) is 88.0. The van der Waals surface area contributed by atoms with Gasteiger partial charge in [-0.1, -0.05) is 178 Å². The highest BCUT2D eigenvalue weighted by Crippen LogP contribution is 2.75. The maximum atomic E-state index is 12.4. The third kappa shape index (κ3) is 17.0. The first-order valence-electron chi connectivity index (χ1n) is 52.7. The van der Waals surface area contributed by atoms with Crippen molar-refractivity contribution in [3.05, 3.63) is 35.9 Å². The van der Waals surface area contributed by atoms with Gasteiger partial charge >= 0.3 is 0 Å². The van der Waals surface area contributed by atoms with Crippen molar-refractivity contribution in [1.29, 1.82) is 21.0 Å². The molecule has 1 aromatic carbocycles. The van der Waals surface area contributed by atoms with Gasteiger partial charge in [0.2, 0.25) is 0 Å². The normalized spacial score (nSPS) is 53.2. The average Bonchev–Trinajstić information content (AvgIpc) is 1.71. The number of nitrogens with zero attached hydrogens (tertiary/aromatic N) is 4. The molecular formula is C117H189ClN4O5. The van der Waals surface area contributed by atoms with Crippen LogP contribution in [0.1, 0.15) is 415 Å². The molecule has 9 nitrogen and oxygen atoms in total. The Bertz CT molecular complexity index is 3800. The molecule has 20 aliphatic carbocycles. The van der Waals surface area contributed by atoms with Crippen LogP contribution in [0.2, 0.25) is 0 Å². The lowest BCUT2D eigenvalue weighted by atomic mass is 9.43. The molecular weight excluding hydrogens is 1580 g/mol. The lowest BCUT2D eigenvalue weighted by Crippen LogP contribution is -2.56. The van der Waals surface area contributed by atoms with Crippen LogP contribution in [-0.4, -0.2) is 44.7 Å². The number of aliphatic hydroxyl groups excluding tert-OH is 3. The van der Waals surface area contributed by atoms with E-state index < -0.39 is 5.24 Å². The van der Waals surface area contributed by atoms with Crippen molar-refractivity contribution in [2.24, 2.45) is 238 Å². The van der Waals surface area contributed by atoms with Crippen LogP contribution in [-0.2, 0) is 4.79 Å². The topological polar surface area (TPSA) is 190 Å². The van der Waals surface area contributed by atoms with Crippen molar-refractivity contribution in [2.45, 2.75) is 423 Å². The minimum atomic E-state index is -0.407. The van der Waals surface area contributed by atoms with Crippen LogP contribution in [0.3, 0.4) is 0 Å². The van der Waals surface area contributed by atoms with E-state index in [0.29, 0.717) is 119 Å². The van der Waals surface area contributed by atoms with Crippen LogP contribution in [0.15, 0.2) is 30.3 Å². The van der Waals surface area contributed by atoms with Crippen LogP contribution in [0.5, 0.6) is 0 Å². The molecule has 20 saturated carbocycles. The number of nitriles is 4. The maximum absolute atomic E-state index is 12.4. The molecule has 20 aliphatic rings. The number of carbonyl (C=O) groups excluding carboxylic acids is 2. The monoisotopic (exact) mass is 1770 g/mol. The third-order valence-corrected chi connectivity index (χ3v) is 48.0. The molecule has 0 radical (unpaired) electrons. The SMILES string of the molecule is C.C.C.C.C[C@H]1C[C@@H]2CC[C@@H]3[C@H](CC[C@]4(C)[C@@H](C#N)CC[C@@H]34)[C@@]2(C)C[C@@H]1C.C[C@H]1C[C@@]2(C)[C@@H](CC[C@@H]3[C@@H]2CC[C@]2(C)[C@@H](C#N)CC[C@@H]32)C[C@@H]1O.C[C@H]1[C@H](C)CC[C@@]2(C)[C@H]1CC[C@@H]1[C@@H]2CC[C@]2(C)[C@@H](C#N)CC[C@@H]12.C[C@H]1[C@H](O)CC[C@@]2(C)[C@H]1CC[C@@H]1[C@@H]2CC[C@]2(C)C(=O)CC[C@@H]12.C[C@H]1[C@H](O)CC[C@@]2(C)[C@H]1CC[C@@H]1[C@@H]2CC[C@]2(C)[C@@H](C#N)CC[C@@H]12.O=C(Cl)c1ccccc1. The summed E-state index contributed by atoms with van der Waals surface area (Å²) in [6.45, 7) is 41.9. The molecule has 21 rings (SSSR count). The van der Waals surface area contributed by atoms with Gasteiger partial charge in [0.05, 0.1) is 66.3 Å². The van der Waals surface area contributed by atoms with Gasteiger partial charge in [-0.05, 0) is 471 Å². The molecule has 0 amide bonds. The van der Waals surface area contributed by atoms with Gasteiger partial charge in [0.15, 0.2) is 0 Å². The smallest absolute Gasteiger partial charge is 0.252 e. The summed E-state index contributed by atoms with van der Waals surface area (Å²) in [6.07, 6.45) is 50.9. The number of ketones is 1. The van der Waals surface area contributed by atoms with Crippen molar-refractivity contribution in [3.8, 4) is 24.3 Å². The van der Waals surface area contributed by atoms with Crippen molar-refractivity contribution in [2.75, 3.05) is 0 Å². The predicted molar refractivity (Wildman–Crippen MR) is 523 cm³/mol. The Balaban J connectivity index is 0.000000140. The van der Waals surface area contributed by atoms with E-state index >= 15 is 0 Å². The van der Waals surface area contributed by atoms with Gasteiger partial charge in [-0.3, -0.25) is 9.59 Å².